The fourth-order valence-corrected chi connectivity index (χ4v) is 3.98. The second kappa shape index (κ2) is 8.27. The first-order valence-corrected chi connectivity index (χ1v) is 9.88. The summed E-state index contributed by atoms with van der Waals surface area (Å²) >= 11 is 6.30. The highest BCUT2D eigenvalue weighted by Gasteiger charge is 2.24. The lowest BCUT2D eigenvalue weighted by Crippen LogP contribution is -2.41. The van der Waals surface area contributed by atoms with Crippen molar-refractivity contribution in [3.63, 3.8) is 0 Å². The van der Waals surface area contributed by atoms with Gasteiger partial charge in [0.15, 0.2) is 5.43 Å². The molecule has 1 aromatic heterocycles. The van der Waals surface area contributed by atoms with Gasteiger partial charge in [-0.2, -0.15) is 0 Å². The first-order valence-electron chi connectivity index (χ1n) is 9.50. The predicted octanol–water partition coefficient (Wildman–Crippen LogP) is 2.86. The van der Waals surface area contributed by atoms with E-state index in [-0.39, 0.29) is 17.9 Å². The largest absolute Gasteiger partial charge is 0.495 e. The molecule has 0 saturated carbocycles. The third-order valence-corrected chi connectivity index (χ3v) is 5.55. The number of nitrogens with zero attached hydrogens (tertiary/aromatic N) is 1. The number of methoxy groups -OCH3 is 1. The Morgan fingerprint density at radius 1 is 1.24 bits per heavy atom. The average Bonchev–Trinajstić information content (AvgIpc) is 2.74. The number of aromatic amines is 1. The number of nitrogens with one attached hydrogen (secondary N) is 2. The van der Waals surface area contributed by atoms with Crippen molar-refractivity contribution in [3.05, 3.63) is 74.5 Å². The topological polar surface area (TPSA) is 74.4 Å². The molecule has 1 aliphatic heterocycles. The normalized spacial score (nSPS) is 13.9. The van der Waals surface area contributed by atoms with Gasteiger partial charge in [0, 0.05) is 37.3 Å². The summed E-state index contributed by atoms with van der Waals surface area (Å²) < 4.78 is 5.37. The molecule has 0 fully saturated rings. The van der Waals surface area contributed by atoms with Crippen molar-refractivity contribution in [3.8, 4) is 5.75 Å². The van der Waals surface area contributed by atoms with Crippen molar-refractivity contribution in [2.45, 2.75) is 19.5 Å². The second-order valence-electron chi connectivity index (χ2n) is 7.13. The van der Waals surface area contributed by atoms with Crippen LogP contribution in [0.4, 0.5) is 0 Å². The Bertz CT molecular complexity index is 1110. The van der Waals surface area contributed by atoms with Crippen LogP contribution in [0.5, 0.6) is 5.75 Å². The summed E-state index contributed by atoms with van der Waals surface area (Å²) in [6, 6.07) is 13.2. The van der Waals surface area contributed by atoms with E-state index in [0.717, 1.165) is 11.3 Å². The number of carbonyl (C=O) groups excluding carboxylic acids is 1. The van der Waals surface area contributed by atoms with Crippen molar-refractivity contribution in [1.29, 1.82) is 0 Å². The summed E-state index contributed by atoms with van der Waals surface area (Å²) in [5.74, 6) is 0.529. The highest BCUT2D eigenvalue weighted by molar-refractivity contribution is 6.35. The van der Waals surface area contributed by atoms with Gasteiger partial charge in [-0.25, -0.2) is 0 Å². The van der Waals surface area contributed by atoms with Crippen molar-refractivity contribution in [2.75, 3.05) is 20.2 Å². The summed E-state index contributed by atoms with van der Waals surface area (Å²) in [6.07, 6.45) is 0.655. The lowest BCUT2D eigenvalue weighted by Gasteiger charge is -2.28. The first kappa shape index (κ1) is 19.5. The number of H-pyrrole nitrogens is 1. The van der Waals surface area contributed by atoms with E-state index in [1.165, 1.54) is 0 Å². The summed E-state index contributed by atoms with van der Waals surface area (Å²) in [6.45, 7) is 1.84. The Hall–Kier alpha value is -2.83. The number of halogens is 1. The summed E-state index contributed by atoms with van der Waals surface area (Å²) in [5, 5.41) is 3.76. The minimum absolute atomic E-state index is 0.0609. The Labute approximate surface area is 173 Å². The molecule has 0 radical (unpaired) electrons. The van der Waals surface area contributed by atoms with Crippen LogP contribution in [0.15, 0.2) is 47.3 Å². The van der Waals surface area contributed by atoms with Crippen LogP contribution in [-0.4, -0.2) is 36.0 Å². The van der Waals surface area contributed by atoms with Gasteiger partial charge in [0.2, 0.25) is 5.91 Å². The highest BCUT2D eigenvalue weighted by atomic mass is 35.5. The minimum atomic E-state index is -0.105. The number of carbonyl (C=O) groups is 1. The number of pyridine rings is 1. The maximum absolute atomic E-state index is 13.1. The zero-order chi connectivity index (χ0) is 20.4. The van der Waals surface area contributed by atoms with Crippen molar-refractivity contribution >= 4 is 28.4 Å². The van der Waals surface area contributed by atoms with E-state index >= 15 is 0 Å². The van der Waals surface area contributed by atoms with Crippen LogP contribution in [0, 0.1) is 0 Å². The van der Waals surface area contributed by atoms with Crippen LogP contribution in [0.1, 0.15) is 16.8 Å². The van der Waals surface area contributed by atoms with Gasteiger partial charge in [-0.1, -0.05) is 41.9 Å². The molecule has 4 rings (SSSR count). The van der Waals surface area contributed by atoms with E-state index < -0.39 is 0 Å². The zero-order valence-corrected chi connectivity index (χ0v) is 16.9. The smallest absolute Gasteiger partial charge is 0.234 e. The van der Waals surface area contributed by atoms with Crippen molar-refractivity contribution in [1.82, 2.24) is 15.2 Å². The van der Waals surface area contributed by atoms with Gasteiger partial charge in [-0.3, -0.25) is 14.5 Å². The predicted molar refractivity (Wildman–Crippen MR) is 113 cm³/mol. The molecule has 0 saturated heterocycles. The summed E-state index contributed by atoms with van der Waals surface area (Å²) in [5.41, 5.74) is 3.11. The lowest BCUT2D eigenvalue weighted by atomic mass is 10.0. The molecule has 1 amide bonds. The maximum atomic E-state index is 13.1. The van der Waals surface area contributed by atoms with Gasteiger partial charge < -0.3 is 15.0 Å². The molecule has 2 N–H and O–H groups in total. The number of hydrogen-bond donors (Lipinski definition) is 2. The van der Waals surface area contributed by atoms with Gasteiger partial charge in [0.1, 0.15) is 5.75 Å². The second-order valence-corrected chi connectivity index (χ2v) is 7.54. The van der Waals surface area contributed by atoms with Gasteiger partial charge in [0.05, 0.1) is 29.6 Å². The van der Waals surface area contributed by atoms with Gasteiger partial charge in [-0.05, 0) is 17.7 Å². The number of fused-ring (bicyclic) bond motifs is 2. The van der Waals surface area contributed by atoms with Crippen LogP contribution in [0.25, 0.3) is 10.9 Å². The van der Waals surface area contributed by atoms with E-state index in [4.69, 9.17) is 16.3 Å². The number of benzene rings is 2. The van der Waals surface area contributed by atoms with E-state index in [9.17, 15) is 9.59 Å². The van der Waals surface area contributed by atoms with Gasteiger partial charge >= 0.3 is 0 Å². The molecule has 0 bridgehead atoms. The third-order valence-electron chi connectivity index (χ3n) is 5.24. The van der Waals surface area contributed by atoms with Crippen molar-refractivity contribution in [2.24, 2.45) is 0 Å². The Kier molecular flexibility index (Phi) is 5.56. The number of hydrogen-bond acceptors (Lipinski definition) is 4. The van der Waals surface area contributed by atoms with Crippen LogP contribution in [0.2, 0.25) is 5.02 Å². The fourth-order valence-electron chi connectivity index (χ4n) is 3.73. The van der Waals surface area contributed by atoms with E-state index in [1.54, 1.807) is 19.2 Å². The molecule has 0 unspecified atom stereocenters. The molecule has 6 nitrogen and oxygen atoms in total. The molecule has 0 spiro atoms. The fraction of sp³-hybridized carbons (Fsp3) is 0.273. The van der Waals surface area contributed by atoms with Crippen LogP contribution < -0.4 is 15.5 Å². The summed E-state index contributed by atoms with van der Waals surface area (Å²) in [4.78, 5) is 30.8. The number of aromatic nitrogens is 1. The Morgan fingerprint density at radius 2 is 2.03 bits per heavy atom. The molecule has 150 valence electrons. The molecule has 2 heterocycles. The molecule has 3 aromatic rings. The minimum Gasteiger partial charge on any atom is -0.495 e. The maximum Gasteiger partial charge on any atom is 0.234 e. The molecule has 1 aliphatic rings. The van der Waals surface area contributed by atoms with Gasteiger partial charge in [-0.15, -0.1) is 0 Å². The van der Waals surface area contributed by atoms with E-state index in [1.807, 2.05) is 35.2 Å². The lowest BCUT2D eigenvalue weighted by molar-refractivity contribution is -0.122. The van der Waals surface area contributed by atoms with Gasteiger partial charge in [0.25, 0.3) is 0 Å². The number of rotatable bonds is 5. The quantitative estimate of drug-likeness (QED) is 0.677. The average molecular weight is 412 g/mol. The molecule has 29 heavy (non-hydrogen) atoms. The monoisotopic (exact) mass is 411 g/mol. The molecular formula is C22H22ClN3O3. The number of amides is 1. The zero-order valence-electron chi connectivity index (χ0n) is 16.1. The van der Waals surface area contributed by atoms with E-state index in [2.05, 4.69) is 10.3 Å². The highest BCUT2D eigenvalue weighted by Crippen LogP contribution is 2.30. The molecule has 2 aromatic carbocycles. The molecule has 0 atom stereocenters. The molecular weight excluding hydrogens is 390 g/mol. The van der Waals surface area contributed by atoms with Crippen LogP contribution in [0.3, 0.4) is 0 Å². The third kappa shape index (κ3) is 3.99. The SMILES string of the molecule is COc1ccc(Cl)c2c(=O)c3c([nH]c12)CCN(CC(=O)NCc1ccccc1)C3. The van der Waals surface area contributed by atoms with E-state index in [0.29, 0.717) is 53.3 Å². The summed E-state index contributed by atoms with van der Waals surface area (Å²) in [7, 11) is 1.57. The molecule has 7 heteroatoms. The van der Waals surface area contributed by atoms with Crippen molar-refractivity contribution < 1.29 is 9.53 Å². The Balaban J connectivity index is 1.51. The number of ether oxygens (including phenoxy) is 1. The standard InChI is InChI=1S/C22H22ClN3O3/c1-29-18-8-7-16(23)20-21(18)25-17-9-10-26(12-15(17)22(20)28)13-19(27)24-11-14-5-3-2-4-6-14/h2-8H,9-13H2,1H3,(H,24,27)(H,25,28). The van der Waals surface area contributed by atoms with Crippen LogP contribution >= 0.6 is 11.6 Å². The Morgan fingerprint density at radius 3 is 2.79 bits per heavy atom. The van der Waals surface area contributed by atoms with Crippen LogP contribution in [-0.2, 0) is 24.3 Å². The molecule has 0 aliphatic carbocycles. The first-order chi connectivity index (χ1) is 14.1.